The van der Waals surface area contributed by atoms with Crippen molar-refractivity contribution in [3.63, 3.8) is 0 Å². The van der Waals surface area contributed by atoms with Crippen LogP contribution in [0.1, 0.15) is 26.7 Å². The number of carbonyl (C=O) groups excluding carboxylic acids is 1. The number of nitrogens with one attached hydrogen (secondary N) is 1. The maximum atomic E-state index is 12.3. The number of hydrogen-bond donors (Lipinski definition) is 1. The van der Waals surface area contributed by atoms with Crippen molar-refractivity contribution in [2.24, 2.45) is 0 Å². The third-order valence-electron chi connectivity index (χ3n) is 4.85. The highest BCUT2D eigenvalue weighted by Gasteiger charge is 2.22. The standard InChI is InChI=1S/C19H27N5O2/c1-14(2)23-10-8-16(9-11-23)20-19(25)13-24-12-18(21-22-24)15-4-6-17(26-3)7-5-15/h4-7,12,14,16H,8-11,13H2,1-3H3,(H,20,25). The molecule has 2 heterocycles. The molecule has 26 heavy (non-hydrogen) atoms. The van der Waals surface area contributed by atoms with Crippen LogP contribution in [0.25, 0.3) is 11.3 Å². The van der Waals surface area contributed by atoms with Gasteiger partial charge in [-0.25, -0.2) is 4.68 Å². The molecule has 1 aromatic carbocycles. The Kier molecular flexibility index (Phi) is 5.88. The normalized spacial score (nSPS) is 16.0. The van der Waals surface area contributed by atoms with Gasteiger partial charge in [0.05, 0.1) is 13.3 Å². The first-order valence-corrected chi connectivity index (χ1v) is 9.13. The van der Waals surface area contributed by atoms with Crippen LogP contribution < -0.4 is 10.1 Å². The van der Waals surface area contributed by atoms with Crippen molar-refractivity contribution in [2.45, 2.75) is 45.3 Å². The second-order valence-electron chi connectivity index (χ2n) is 7.00. The Morgan fingerprint density at radius 2 is 1.96 bits per heavy atom. The highest BCUT2D eigenvalue weighted by molar-refractivity contribution is 5.76. The van der Waals surface area contributed by atoms with Gasteiger partial charge in [-0.1, -0.05) is 5.21 Å². The van der Waals surface area contributed by atoms with Gasteiger partial charge >= 0.3 is 0 Å². The number of piperidine rings is 1. The number of carbonyl (C=O) groups is 1. The lowest BCUT2D eigenvalue weighted by molar-refractivity contribution is -0.122. The van der Waals surface area contributed by atoms with Gasteiger partial charge in [-0.2, -0.15) is 0 Å². The monoisotopic (exact) mass is 357 g/mol. The summed E-state index contributed by atoms with van der Waals surface area (Å²) < 4.78 is 6.74. The smallest absolute Gasteiger partial charge is 0.242 e. The third kappa shape index (κ3) is 4.60. The summed E-state index contributed by atoms with van der Waals surface area (Å²) in [6.45, 7) is 6.68. The molecule has 1 fully saturated rings. The van der Waals surface area contributed by atoms with Gasteiger partial charge in [-0.15, -0.1) is 5.10 Å². The van der Waals surface area contributed by atoms with E-state index in [0.29, 0.717) is 6.04 Å². The van der Waals surface area contributed by atoms with Crippen LogP contribution >= 0.6 is 0 Å². The zero-order valence-corrected chi connectivity index (χ0v) is 15.7. The highest BCUT2D eigenvalue weighted by atomic mass is 16.5. The molecule has 1 aliphatic rings. The summed E-state index contributed by atoms with van der Waals surface area (Å²) in [5, 5.41) is 11.3. The molecule has 1 aromatic heterocycles. The van der Waals surface area contributed by atoms with E-state index >= 15 is 0 Å². The summed E-state index contributed by atoms with van der Waals surface area (Å²) in [6.07, 6.45) is 3.79. The molecule has 0 bridgehead atoms. The Labute approximate surface area is 154 Å². The molecule has 3 rings (SSSR count). The topological polar surface area (TPSA) is 72.3 Å². The number of aromatic nitrogens is 3. The van der Waals surface area contributed by atoms with Gasteiger partial charge in [-0.3, -0.25) is 4.79 Å². The van der Waals surface area contributed by atoms with Crippen LogP contribution in [0.15, 0.2) is 30.5 Å². The van der Waals surface area contributed by atoms with Gasteiger partial charge in [0.2, 0.25) is 5.91 Å². The molecular formula is C19H27N5O2. The van der Waals surface area contributed by atoms with Crippen molar-refractivity contribution in [1.82, 2.24) is 25.2 Å². The average Bonchev–Trinajstić information content (AvgIpc) is 3.10. The molecule has 1 aliphatic heterocycles. The van der Waals surface area contributed by atoms with Gasteiger partial charge in [0.25, 0.3) is 0 Å². The number of methoxy groups -OCH3 is 1. The van der Waals surface area contributed by atoms with Crippen molar-refractivity contribution in [3.8, 4) is 17.0 Å². The Morgan fingerprint density at radius 1 is 1.27 bits per heavy atom. The first-order valence-electron chi connectivity index (χ1n) is 9.13. The van der Waals surface area contributed by atoms with E-state index in [2.05, 4.69) is 34.4 Å². The number of rotatable bonds is 6. The molecule has 0 spiro atoms. The van der Waals surface area contributed by atoms with Crippen LogP contribution in [0, 0.1) is 0 Å². The number of benzene rings is 1. The van der Waals surface area contributed by atoms with E-state index in [1.807, 2.05) is 24.3 Å². The number of nitrogens with zero attached hydrogens (tertiary/aromatic N) is 4. The lowest BCUT2D eigenvalue weighted by atomic mass is 10.0. The second kappa shape index (κ2) is 8.31. The van der Waals surface area contributed by atoms with Crippen LogP contribution in [-0.2, 0) is 11.3 Å². The van der Waals surface area contributed by atoms with Gasteiger partial charge < -0.3 is 15.0 Å². The Morgan fingerprint density at radius 3 is 2.58 bits per heavy atom. The Bertz CT molecular complexity index is 718. The fraction of sp³-hybridized carbons (Fsp3) is 0.526. The summed E-state index contributed by atoms with van der Waals surface area (Å²) >= 11 is 0. The summed E-state index contributed by atoms with van der Waals surface area (Å²) in [6, 6.07) is 8.43. The van der Waals surface area contributed by atoms with Gasteiger partial charge in [0.1, 0.15) is 18.0 Å². The van der Waals surface area contributed by atoms with Gasteiger partial charge in [0, 0.05) is 30.7 Å². The maximum absolute atomic E-state index is 12.3. The summed E-state index contributed by atoms with van der Waals surface area (Å²) in [7, 11) is 1.64. The maximum Gasteiger partial charge on any atom is 0.242 e. The van der Waals surface area contributed by atoms with E-state index in [1.54, 1.807) is 18.0 Å². The summed E-state index contributed by atoms with van der Waals surface area (Å²) in [4.78, 5) is 14.7. The van der Waals surface area contributed by atoms with Crippen molar-refractivity contribution in [3.05, 3.63) is 30.5 Å². The van der Waals surface area contributed by atoms with E-state index < -0.39 is 0 Å². The van der Waals surface area contributed by atoms with Gasteiger partial charge in [-0.05, 0) is 51.0 Å². The molecule has 0 unspecified atom stereocenters. The molecule has 0 saturated carbocycles. The van der Waals surface area contributed by atoms with Crippen LogP contribution in [0.4, 0.5) is 0 Å². The molecule has 1 N–H and O–H groups in total. The van der Waals surface area contributed by atoms with Crippen LogP contribution in [0.3, 0.4) is 0 Å². The minimum absolute atomic E-state index is 0.0147. The average molecular weight is 357 g/mol. The second-order valence-corrected chi connectivity index (χ2v) is 7.00. The zero-order valence-electron chi connectivity index (χ0n) is 15.7. The van der Waals surface area contributed by atoms with E-state index in [9.17, 15) is 4.79 Å². The summed E-state index contributed by atoms with van der Waals surface area (Å²) in [5.41, 5.74) is 1.68. The zero-order chi connectivity index (χ0) is 18.5. The lowest BCUT2D eigenvalue weighted by Gasteiger charge is -2.34. The van der Waals surface area contributed by atoms with Crippen LogP contribution in [0.5, 0.6) is 5.75 Å². The molecule has 140 valence electrons. The summed E-state index contributed by atoms with van der Waals surface area (Å²) in [5.74, 6) is 0.781. The number of ether oxygens (including phenoxy) is 1. The minimum Gasteiger partial charge on any atom is -0.497 e. The Hall–Kier alpha value is -2.41. The van der Waals surface area contributed by atoms with Crippen molar-refractivity contribution >= 4 is 5.91 Å². The predicted molar refractivity (Wildman–Crippen MR) is 99.9 cm³/mol. The molecule has 2 aromatic rings. The lowest BCUT2D eigenvalue weighted by Crippen LogP contribution is -2.47. The number of hydrogen-bond acceptors (Lipinski definition) is 5. The highest BCUT2D eigenvalue weighted by Crippen LogP contribution is 2.20. The van der Waals surface area contributed by atoms with Gasteiger partial charge in [0.15, 0.2) is 0 Å². The van der Waals surface area contributed by atoms with Crippen molar-refractivity contribution < 1.29 is 9.53 Å². The predicted octanol–water partition coefficient (Wildman–Crippen LogP) is 1.94. The molecule has 7 heteroatoms. The van der Waals surface area contributed by atoms with Crippen LogP contribution in [-0.4, -0.2) is 58.1 Å². The molecule has 0 aliphatic carbocycles. The molecule has 1 saturated heterocycles. The minimum atomic E-state index is -0.0147. The van der Waals surface area contributed by atoms with E-state index in [4.69, 9.17) is 4.74 Å². The van der Waals surface area contributed by atoms with Crippen LogP contribution in [0.2, 0.25) is 0 Å². The molecule has 7 nitrogen and oxygen atoms in total. The third-order valence-corrected chi connectivity index (χ3v) is 4.85. The fourth-order valence-corrected chi connectivity index (χ4v) is 3.25. The first kappa shape index (κ1) is 18.4. The first-order chi connectivity index (χ1) is 12.5. The molecule has 0 radical (unpaired) electrons. The van der Waals surface area contributed by atoms with E-state index in [-0.39, 0.29) is 18.5 Å². The van der Waals surface area contributed by atoms with Crippen molar-refractivity contribution in [1.29, 1.82) is 0 Å². The molecule has 0 atom stereocenters. The van der Waals surface area contributed by atoms with E-state index in [1.165, 1.54) is 0 Å². The number of amides is 1. The molecular weight excluding hydrogens is 330 g/mol. The molecule has 1 amide bonds. The largest absolute Gasteiger partial charge is 0.497 e. The Balaban J connectivity index is 1.51. The van der Waals surface area contributed by atoms with Crippen molar-refractivity contribution in [2.75, 3.05) is 20.2 Å². The SMILES string of the molecule is COc1ccc(-c2cn(CC(=O)NC3CCN(C(C)C)CC3)nn2)cc1. The number of likely N-dealkylation sites (tertiary alicyclic amines) is 1. The fourth-order valence-electron chi connectivity index (χ4n) is 3.25. The van der Waals surface area contributed by atoms with E-state index in [0.717, 1.165) is 42.9 Å². The quantitative estimate of drug-likeness (QED) is 0.855.